The van der Waals surface area contributed by atoms with E-state index in [0.717, 1.165) is 0 Å². The van der Waals surface area contributed by atoms with E-state index in [9.17, 15) is 5.26 Å². The fourth-order valence-electron chi connectivity index (χ4n) is 1.67. The van der Waals surface area contributed by atoms with Gasteiger partial charge in [-0.15, -0.1) is 0 Å². The van der Waals surface area contributed by atoms with Crippen molar-refractivity contribution in [2.75, 3.05) is 0 Å². The van der Waals surface area contributed by atoms with Gasteiger partial charge in [0, 0.05) is 0 Å². The van der Waals surface area contributed by atoms with E-state index >= 15 is 0 Å². The van der Waals surface area contributed by atoms with Crippen LogP contribution in [-0.4, -0.2) is 32.0 Å². The molecule has 0 unspecified atom stereocenters. The zero-order chi connectivity index (χ0) is 15.5. The van der Waals surface area contributed by atoms with E-state index in [1.807, 2.05) is 0 Å². The van der Waals surface area contributed by atoms with Gasteiger partial charge in [-0.05, 0) is 0 Å². The molecule has 4 nitrogen and oxygen atoms in total. The maximum atomic E-state index is 9.18. The van der Waals surface area contributed by atoms with Gasteiger partial charge in [0.15, 0.2) is 0 Å². The van der Waals surface area contributed by atoms with Crippen molar-refractivity contribution in [1.29, 1.82) is 5.26 Å². The Morgan fingerprint density at radius 1 is 0.737 bits per heavy atom. The number of nitriles is 1. The molecular formula is C10H29BNO3PSi3. The van der Waals surface area contributed by atoms with Crippen LogP contribution in [0.2, 0.25) is 58.9 Å². The quantitative estimate of drug-likeness (QED) is 0.523. The van der Waals surface area contributed by atoms with Crippen LogP contribution in [0.25, 0.3) is 0 Å². The summed E-state index contributed by atoms with van der Waals surface area (Å²) in [7, 11) is -8.35. The molecule has 0 aromatic rings. The van der Waals surface area contributed by atoms with Crippen molar-refractivity contribution in [3.63, 3.8) is 0 Å². The van der Waals surface area contributed by atoms with E-state index in [0.29, 0.717) is 0 Å². The van der Waals surface area contributed by atoms with Gasteiger partial charge in [-0.25, -0.2) is 0 Å². The average molecular weight is 337 g/mol. The second-order valence-corrected chi connectivity index (χ2v) is 24.5. The molecular weight excluding hydrogens is 308 g/mol. The molecule has 0 radical (unpaired) electrons. The van der Waals surface area contributed by atoms with Crippen molar-refractivity contribution < 1.29 is 12.6 Å². The standard InChI is InChI=1S/C10H29BNO3PSi3/c1-17(2,3)13-16(11-10-12,14-18(4,5)6)15-19(7,8)9/h11,16H,1-9H3. The van der Waals surface area contributed by atoms with Gasteiger partial charge in [-0.2, -0.15) is 0 Å². The molecule has 0 saturated heterocycles. The van der Waals surface area contributed by atoms with E-state index in [1.54, 1.807) is 0 Å². The predicted molar refractivity (Wildman–Crippen MR) is 94.4 cm³/mol. The van der Waals surface area contributed by atoms with Crippen LogP contribution in [0.1, 0.15) is 0 Å². The fraction of sp³-hybridized carbons (Fsp3) is 0.900. The molecule has 0 atom stereocenters. The van der Waals surface area contributed by atoms with Gasteiger partial charge in [0.2, 0.25) is 0 Å². The van der Waals surface area contributed by atoms with Crippen molar-refractivity contribution in [1.82, 2.24) is 0 Å². The van der Waals surface area contributed by atoms with Gasteiger partial charge in [0.05, 0.1) is 0 Å². The average Bonchev–Trinajstić information content (AvgIpc) is 1.90. The van der Waals surface area contributed by atoms with E-state index in [1.165, 1.54) is 0 Å². The van der Waals surface area contributed by atoms with Crippen LogP contribution in [-0.2, 0) is 12.6 Å². The molecule has 112 valence electrons. The molecule has 19 heavy (non-hydrogen) atoms. The Morgan fingerprint density at radius 3 is 1.16 bits per heavy atom. The maximum absolute atomic E-state index is 9.18. The first-order chi connectivity index (χ1) is 8.18. The summed E-state index contributed by atoms with van der Waals surface area (Å²) in [5.41, 5.74) is 0. The molecule has 0 aromatic heterocycles. The third kappa shape index (κ3) is 9.96. The summed E-state index contributed by atoms with van der Waals surface area (Å²) in [6.45, 7) is 19.3. The molecule has 0 aromatic carbocycles. The fourth-order valence-corrected chi connectivity index (χ4v) is 15.5. The molecule has 9 heteroatoms. The van der Waals surface area contributed by atoms with Crippen LogP contribution in [0.15, 0.2) is 0 Å². The Balaban J connectivity index is 5.42. The number of nitrogens with zero attached hydrogens (tertiary/aromatic N) is 1. The van der Waals surface area contributed by atoms with E-state index < -0.39 is 32.8 Å². The first kappa shape index (κ1) is 19.5. The monoisotopic (exact) mass is 337 g/mol. The van der Waals surface area contributed by atoms with Gasteiger partial charge in [0.1, 0.15) is 0 Å². The van der Waals surface area contributed by atoms with Gasteiger partial charge < -0.3 is 0 Å². The summed E-state index contributed by atoms with van der Waals surface area (Å²) in [6, 6.07) is 0. The molecule has 0 saturated carbocycles. The van der Waals surface area contributed by atoms with Crippen molar-refractivity contribution in [3.05, 3.63) is 0 Å². The summed E-state index contributed by atoms with van der Waals surface area (Å²) in [5, 5.41) is 9.18. The summed E-state index contributed by atoms with van der Waals surface area (Å²) in [4.78, 5) is 0. The summed E-state index contributed by atoms with van der Waals surface area (Å²) < 4.78 is 18.9. The number of hydrogen-bond acceptors (Lipinski definition) is 4. The number of rotatable bonds is 7. The topological polar surface area (TPSA) is 51.5 Å². The Hall–Kier alpha value is 0.516. The van der Waals surface area contributed by atoms with Gasteiger partial charge in [-0.3, -0.25) is 0 Å². The van der Waals surface area contributed by atoms with E-state index in [-0.39, 0.29) is 7.00 Å². The molecule has 0 amide bonds. The molecule has 0 aliphatic rings. The Morgan fingerprint density at radius 2 is 1.00 bits per heavy atom. The number of hydrogen-bond donors (Lipinski definition) is 0. The molecule has 0 aliphatic carbocycles. The first-order valence-electron chi connectivity index (χ1n) is 6.66. The van der Waals surface area contributed by atoms with Crippen molar-refractivity contribution in [2.24, 2.45) is 0 Å². The molecule has 0 bridgehead atoms. The Bertz CT molecular complexity index is 303. The molecule has 0 rings (SSSR count). The minimum atomic E-state index is -2.88. The third-order valence-corrected chi connectivity index (χ3v) is 13.4. The minimum absolute atomic E-state index is 0.256. The summed E-state index contributed by atoms with van der Waals surface area (Å²) >= 11 is 0. The van der Waals surface area contributed by atoms with Crippen molar-refractivity contribution in [3.8, 4) is 5.97 Å². The Kier molecular flexibility index (Phi) is 6.70. The van der Waals surface area contributed by atoms with Crippen LogP contribution in [0.4, 0.5) is 0 Å². The van der Waals surface area contributed by atoms with Crippen LogP contribution >= 0.6 is 7.82 Å². The van der Waals surface area contributed by atoms with Crippen LogP contribution < -0.4 is 0 Å². The molecule has 0 heterocycles. The zero-order valence-corrected chi connectivity index (χ0v) is 17.9. The first-order valence-corrected chi connectivity index (χ1v) is 18.8. The third-order valence-electron chi connectivity index (χ3n) is 1.68. The van der Waals surface area contributed by atoms with Gasteiger partial charge in [0.25, 0.3) is 0 Å². The van der Waals surface area contributed by atoms with E-state index in [2.05, 4.69) is 64.9 Å². The van der Waals surface area contributed by atoms with Gasteiger partial charge >= 0.3 is 123 Å². The molecule has 0 spiro atoms. The Labute approximate surface area is 123 Å². The second kappa shape index (κ2) is 6.52. The van der Waals surface area contributed by atoms with Gasteiger partial charge in [-0.1, -0.05) is 0 Å². The molecule has 0 N–H and O–H groups in total. The normalized spacial score (nSPS) is 14.9. The summed E-state index contributed by atoms with van der Waals surface area (Å²) in [6.07, 6.45) is 0. The van der Waals surface area contributed by atoms with E-state index in [4.69, 9.17) is 12.6 Å². The SMILES string of the molecule is C[Si](C)(C)O[PH](BC#N)(O[Si](C)(C)C)O[Si](C)(C)C. The summed E-state index contributed by atoms with van der Waals surface area (Å²) in [5.74, 6) is 2.23. The van der Waals surface area contributed by atoms with Crippen LogP contribution in [0, 0.1) is 11.2 Å². The zero-order valence-electron chi connectivity index (χ0n) is 13.9. The molecule has 0 aliphatic heterocycles. The van der Waals surface area contributed by atoms with Crippen LogP contribution in [0.5, 0.6) is 0 Å². The van der Waals surface area contributed by atoms with Crippen molar-refractivity contribution in [2.45, 2.75) is 58.9 Å². The predicted octanol–water partition coefficient (Wildman–Crippen LogP) is 3.87. The molecule has 0 fully saturated rings. The van der Waals surface area contributed by atoms with Crippen molar-refractivity contribution >= 4 is 39.8 Å². The van der Waals surface area contributed by atoms with Crippen LogP contribution in [0.3, 0.4) is 0 Å². The second-order valence-electron chi connectivity index (χ2n) is 7.66.